The van der Waals surface area contributed by atoms with Crippen molar-refractivity contribution in [2.75, 3.05) is 0 Å². The van der Waals surface area contributed by atoms with Crippen LogP contribution in [0.1, 0.15) is 16.8 Å². The molecule has 3 heteroatoms. The van der Waals surface area contributed by atoms with E-state index in [9.17, 15) is 0 Å². The Balaban J connectivity index is 1.90. The highest BCUT2D eigenvalue weighted by atomic mass is 79.9. The topological polar surface area (TPSA) is 24.9 Å². The molecule has 0 fully saturated rings. The average Bonchev–Trinajstić information content (AvgIpc) is 2.40. The summed E-state index contributed by atoms with van der Waals surface area (Å²) in [6.07, 6.45) is 1.82. The number of aromatic nitrogens is 1. The standard InChI is InChI=1S/C14H15BrN2/c15-9-12-5-1-2-6-13(12)10-16-11-14-7-3-4-8-17-14/h1-8,16H,9-11H2. The van der Waals surface area contributed by atoms with E-state index in [4.69, 9.17) is 0 Å². The van der Waals surface area contributed by atoms with E-state index in [-0.39, 0.29) is 0 Å². The third-order valence-electron chi connectivity index (χ3n) is 2.61. The van der Waals surface area contributed by atoms with Crippen LogP contribution in [0.5, 0.6) is 0 Å². The van der Waals surface area contributed by atoms with Gasteiger partial charge in [-0.15, -0.1) is 0 Å². The van der Waals surface area contributed by atoms with Gasteiger partial charge in [0, 0.05) is 24.6 Å². The van der Waals surface area contributed by atoms with Gasteiger partial charge in [-0.3, -0.25) is 4.98 Å². The van der Waals surface area contributed by atoms with Crippen LogP contribution in [0.4, 0.5) is 0 Å². The van der Waals surface area contributed by atoms with Crippen LogP contribution in [0, 0.1) is 0 Å². The smallest absolute Gasteiger partial charge is 0.0541 e. The Hall–Kier alpha value is -1.19. The van der Waals surface area contributed by atoms with Crippen molar-refractivity contribution in [1.29, 1.82) is 0 Å². The summed E-state index contributed by atoms with van der Waals surface area (Å²) in [5.41, 5.74) is 3.74. The number of halogens is 1. The number of pyridine rings is 1. The summed E-state index contributed by atoms with van der Waals surface area (Å²) in [7, 11) is 0. The van der Waals surface area contributed by atoms with E-state index in [1.54, 1.807) is 0 Å². The van der Waals surface area contributed by atoms with Crippen LogP contribution in [0.2, 0.25) is 0 Å². The second kappa shape index (κ2) is 6.52. The summed E-state index contributed by atoms with van der Waals surface area (Å²) in [5, 5.41) is 4.31. The molecule has 0 bridgehead atoms. The van der Waals surface area contributed by atoms with Crippen LogP contribution in [0.15, 0.2) is 48.7 Å². The van der Waals surface area contributed by atoms with Crippen molar-refractivity contribution in [3.63, 3.8) is 0 Å². The fourth-order valence-corrected chi connectivity index (χ4v) is 2.24. The van der Waals surface area contributed by atoms with Gasteiger partial charge in [-0.05, 0) is 23.3 Å². The van der Waals surface area contributed by atoms with Gasteiger partial charge in [-0.2, -0.15) is 0 Å². The molecule has 2 rings (SSSR count). The van der Waals surface area contributed by atoms with Crippen molar-refractivity contribution in [1.82, 2.24) is 10.3 Å². The first-order chi connectivity index (χ1) is 8.40. The summed E-state index contributed by atoms with van der Waals surface area (Å²) >= 11 is 3.51. The maximum atomic E-state index is 4.28. The van der Waals surface area contributed by atoms with Crippen molar-refractivity contribution in [2.45, 2.75) is 18.4 Å². The van der Waals surface area contributed by atoms with E-state index in [2.05, 4.69) is 50.5 Å². The molecule has 0 spiro atoms. The van der Waals surface area contributed by atoms with Crippen molar-refractivity contribution < 1.29 is 0 Å². The minimum absolute atomic E-state index is 0.803. The Morgan fingerprint density at radius 3 is 2.41 bits per heavy atom. The number of nitrogens with one attached hydrogen (secondary N) is 1. The Labute approximate surface area is 110 Å². The van der Waals surface area contributed by atoms with Crippen molar-refractivity contribution in [2.24, 2.45) is 0 Å². The van der Waals surface area contributed by atoms with Gasteiger partial charge in [-0.1, -0.05) is 46.3 Å². The molecule has 0 radical (unpaired) electrons. The summed E-state index contributed by atoms with van der Waals surface area (Å²) in [5.74, 6) is 0. The van der Waals surface area contributed by atoms with Gasteiger partial charge < -0.3 is 5.32 Å². The quantitative estimate of drug-likeness (QED) is 0.855. The minimum atomic E-state index is 0.803. The largest absolute Gasteiger partial charge is 0.307 e. The first-order valence-electron chi connectivity index (χ1n) is 5.63. The van der Waals surface area contributed by atoms with Gasteiger partial charge in [0.05, 0.1) is 5.69 Å². The summed E-state index contributed by atoms with van der Waals surface area (Å²) < 4.78 is 0. The van der Waals surface area contributed by atoms with E-state index in [0.29, 0.717) is 0 Å². The average molecular weight is 291 g/mol. The van der Waals surface area contributed by atoms with E-state index in [0.717, 1.165) is 24.1 Å². The molecule has 1 N–H and O–H groups in total. The van der Waals surface area contributed by atoms with Gasteiger partial charge in [0.25, 0.3) is 0 Å². The van der Waals surface area contributed by atoms with Gasteiger partial charge in [0.15, 0.2) is 0 Å². The van der Waals surface area contributed by atoms with Gasteiger partial charge in [-0.25, -0.2) is 0 Å². The number of alkyl halides is 1. The summed E-state index contributed by atoms with van der Waals surface area (Å²) in [6, 6.07) is 14.4. The Bertz CT molecular complexity index is 457. The van der Waals surface area contributed by atoms with Crippen molar-refractivity contribution >= 4 is 15.9 Å². The lowest BCUT2D eigenvalue weighted by molar-refractivity contribution is 0.677. The second-order valence-electron chi connectivity index (χ2n) is 3.83. The molecule has 0 unspecified atom stereocenters. The Morgan fingerprint density at radius 2 is 1.71 bits per heavy atom. The second-order valence-corrected chi connectivity index (χ2v) is 4.39. The van der Waals surface area contributed by atoms with E-state index < -0.39 is 0 Å². The van der Waals surface area contributed by atoms with Crippen LogP contribution < -0.4 is 5.32 Å². The molecule has 1 heterocycles. The molecule has 1 aromatic carbocycles. The van der Waals surface area contributed by atoms with E-state index in [1.807, 2.05) is 24.4 Å². The lowest BCUT2D eigenvalue weighted by atomic mass is 10.1. The molecule has 0 saturated heterocycles. The van der Waals surface area contributed by atoms with Crippen molar-refractivity contribution in [3.05, 3.63) is 65.5 Å². The molecular weight excluding hydrogens is 276 g/mol. The lowest BCUT2D eigenvalue weighted by Crippen LogP contribution is -2.14. The fraction of sp³-hybridized carbons (Fsp3) is 0.214. The predicted molar refractivity (Wildman–Crippen MR) is 73.9 cm³/mol. The molecule has 0 aliphatic heterocycles. The molecule has 2 aromatic rings. The molecule has 88 valence electrons. The lowest BCUT2D eigenvalue weighted by Gasteiger charge is -2.08. The first-order valence-corrected chi connectivity index (χ1v) is 6.75. The highest BCUT2D eigenvalue weighted by molar-refractivity contribution is 9.08. The molecule has 17 heavy (non-hydrogen) atoms. The third-order valence-corrected chi connectivity index (χ3v) is 3.21. The van der Waals surface area contributed by atoms with Crippen LogP contribution in [0.25, 0.3) is 0 Å². The van der Waals surface area contributed by atoms with Gasteiger partial charge >= 0.3 is 0 Å². The monoisotopic (exact) mass is 290 g/mol. The highest BCUT2D eigenvalue weighted by Crippen LogP contribution is 2.12. The zero-order valence-corrected chi connectivity index (χ0v) is 11.2. The van der Waals surface area contributed by atoms with E-state index >= 15 is 0 Å². The molecule has 0 aliphatic carbocycles. The molecule has 1 aromatic heterocycles. The molecule has 0 saturated carbocycles. The Morgan fingerprint density at radius 1 is 0.941 bits per heavy atom. The zero-order valence-electron chi connectivity index (χ0n) is 9.57. The summed E-state index contributed by atoms with van der Waals surface area (Å²) in [4.78, 5) is 4.28. The first kappa shape index (κ1) is 12.3. The zero-order chi connectivity index (χ0) is 11.9. The molecule has 0 amide bonds. The molecule has 0 aliphatic rings. The van der Waals surface area contributed by atoms with Crippen LogP contribution in [-0.2, 0) is 18.4 Å². The van der Waals surface area contributed by atoms with E-state index in [1.165, 1.54) is 11.1 Å². The number of hydrogen-bond acceptors (Lipinski definition) is 2. The van der Waals surface area contributed by atoms with Crippen LogP contribution >= 0.6 is 15.9 Å². The van der Waals surface area contributed by atoms with Crippen LogP contribution in [-0.4, -0.2) is 4.98 Å². The van der Waals surface area contributed by atoms with Gasteiger partial charge in [0.2, 0.25) is 0 Å². The highest BCUT2D eigenvalue weighted by Gasteiger charge is 1.99. The van der Waals surface area contributed by atoms with Crippen LogP contribution in [0.3, 0.4) is 0 Å². The Kier molecular flexibility index (Phi) is 4.71. The molecule has 0 atom stereocenters. The normalized spacial score (nSPS) is 10.4. The minimum Gasteiger partial charge on any atom is -0.307 e. The molecular formula is C14H15BrN2. The fourth-order valence-electron chi connectivity index (χ4n) is 1.69. The number of rotatable bonds is 5. The number of hydrogen-bond donors (Lipinski definition) is 1. The third kappa shape index (κ3) is 3.65. The summed E-state index contributed by atoms with van der Waals surface area (Å²) in [6.45, 7) is 1.68. The maximum Gasteiger partial charge on any atom is 0.0541 e. The van der Waals surface area contributed by atoms with Crippen molar-refractivity contribution in [3.8, 4) is 0 Å². The SMILES string of the molecule is BrCc1ccccc1CNCc1ccccn1. The number of nitrogens with zero attached hydrogens (tertiary/aromatic N) is 1. The predicted octanol–water partition coefficient (Wildman–Crippen LogP) is 3.27. The number of benzene rings is 1. The van der Waals surface area contributed by atoms with Gasteiger partial charge in [0.1, 0.15) is 0 Å². The maximum absolute atomic E-state index is 4.28. The molecule has 2 nitrogen and oxygen atoms in total.